The predicted molar refractivity (Wildman–Crippen MR) is 100.0 cm³/mol. The third-order valence-corrected chi connectivity index (χ3v) is 4.90. The maximum Gasteiger partial charge on any atom is 0.342 e. The number of fused-ring (bicyclic) bond motifs is 4. The van der Waals surface area contributed by atoms with E-state index < -0.39 is 11.5 Å². The third-order valence-electron chi connectivity index (χ3n) is 4.90. The molecule has 7 heteroatoms. The van der Waals surface area contributed by atoms with Gasteiger partial charge in [-0.25, -0.2) is 4.79 Å². The topological polar surface area (TPSA) is 100 Å². The highest BCUT2D eigenvalue weighted by molar-refractivity contribution is 5.95. The number of aromatic nitrogens is 2. The number of methoxy groups -OCH3 is 1. The molecule has 0 bridgehead atoms. The van der Waals surface area contributed by atoms with Crippen LogP contribution in [0.5, 0.6) is 11.5 Å². The molecule has 0 amide bonds. The van der Waals surface area contributed by atoms with Crippen molar-refractivity contribution in [2.24, 2.45) is 0 Å². The van der Waals surface area contributed by atoms with Crippen molar-refractivity contribution in [2.75, 3.05) is 12.4 Å². The Morgan fingerprint density at radius 2 is 2.07 bits per heavy atom. The van der Waals surface area contributed by atoms with Gasteiger partial charge in [0.25, 0.3) is 0 Å². The lowest BCUT2D eigenvalue weighted by molar-refractivity contribution is 0.373. The number of phenolic OH excluding ortho intramolecular Hbond substituents is 1. The zero-order valence-electron chi connectivity index (χ0n) is 14.3. The lowest BCUT2D eigenvalue weighted by Gasteiger charge is -2.26. The summed E-state index contributed by atoms with van der Waals surface area (Å²) in [7, 11) is 1.49. The minimum absolute atomic E-state index is 0.0355. The molecule has 2 aromatic heterocycles. The quantitative estimate of drug-likeness (QED) is 0.416. The van der Waals surface area contributed by atoms with Gasteiger partial charge in [0.2, 0.25) is 0 Å². The molecule has 134 valence electrons. The maximum atomic E-state index is 12.9. The van der Waals surface area contributed by atoms with Crippen molar-refractivity contribution in [3.63, 3.8) is 0 Å². The summed E-state index contributed by atoms with van der Waals surface area (Å²) in [4.78, 5) is 12.9. The van der Waals surface area contributed by atoms with Gasteiger partial charge in [0, 0.05) is 16.9 Å². The van der Waals surface area contributed by atoms with Gasteiger partial charge >= 0.3 is 5.63 Å². The molecule has 1 atom stereocenters. The Bertz CT molecular complexity index is 1240. The fraction of sp³-hybridized carbons (Fsp3) is 0.100. The number of hydrogen-bond donors (Lipinski definition) is 3. The van der Waals surface area contributed by atoms with Crippen molar-refractivity contribution < 1.29 is 14.3 Å². The number of phenols is 1. The summed E-state index contributed by atoms with van der Waals surface area (Å²) in [5.41, 5.74) is 2.89. The Balaban J connectivity index is 1.84. The monoisotopic (exact) mass is 361 g/mol. The highest BCUT2D eigenvalue weighted by Crippen LogP contribution is 2.46. The van der Waals surface area contributed by atoms with E-state index >= 15 is 0 Å². The zero-order valence-corrected chi connectivity index (χ0v) is 14.3. The van der Waals surface area contributed by atoms with Gasteiger partial charge in [0.15, 0.2) is 11.5 Å². The number of rotatable bonds is 2. The van der Waals surface area contributed by atoms with Gasteiger partial charge in [-0.2, -0.15) is 5.10 Å². The number of nitrogens with zero attached hydrogens (tertiary/aromatic N) is 1. The standard InChI is InChI=1S/C20H15N3O4/c1-26-15-8-10(6-7-13(15)24)16-12-9-21-23-19(12)22-18-11-4-2-3-5-14(11)27-20(25)17(16)18/h2-9,16,24H,1H3,(H2,21,22,23)/t16-/m0/s1. The van der Waals surface area contributed by atoms with Crippen molar-refractivity contribution in [1.29, 1.82) is 0 Å². The van der Waals surface area contributed by atoms with Gasteiger partial charge in [0.1, 0.15) is 11.4 Å². The summed E-state index contributed by atoms with van der Waals surface area (Å²) in [6, 6.07) is 12.4. The van der Waals surface area contributed by atoms with Crippen molar-refractivity contribution >= 4 is 22.5 Å². The molecule has 1 aliphatic heterocycles. The number of hydrogen-bond acceptors (Lipinski definition) is 6. The highest BCUT2D eigenvalue weighted by atomic mass is 16.5. The van der Waals surface area contributed by atoms with Gasteiger partial charge in [-0.15, -0.1) is 0 Å². The Labute approximate surface area is 153 Å². The normalized spacial score (nSPS) is 15.1. The molecule has 27 heavy (non-hydrogen) atoms. The zero-order chi connectivity index (χ0) is 18.5. The van der Waals surface area contributed by atoms with Gasteiger partial charge in [-0.3, -0.25) is 5.10 Å². The lowest BCUT2D eigenvalue weighted by atomic mass is 9.83. The van der Waals surface area contributed by atoms with E-state index in [-0.39, 0.29) is 5.75 Å². The van der Waals surface area contributed by atoms with Crippen LogP contribution in [0.1, 0.15) is 22.6 Å². The second-order valence-electron chi connectivity index (χ2n) is 6.36. The van der Waals surface area contributed by atoms with Crippen LogP contribution >= 0.6 is 0 Å². The van der Waals surface area contributed by atoms with Gasteiger partial charge in [0.05, 0.1) is 24.6 Å². The maximum absolute atomic E-state index is 12.9. The molecular formula is C20H15N3O4. The Morgan fingerprint density at radius 3 is 2.93 bits per heavy atom. The van der Waals surface area contributed by atoms with E-state index in [1.165, 1.54) is 7.11 Å². The number of ether oxygens (including phenoxy) is 1. The number of aromatic hydroxyl groups is 1. The van der Waals surface area contributed by atoms with Crippen molar-refractivity contribution in [3.8, 4) is 11.5 Å². The van der Waals surface area contributed by atoms with Crippen LogP contribution in [0, 0.1) is 0 Å². The van der Waals surface area contributed by atoms with Crippen LogP contribution in [0.4, 0.5) is 11.5 Å². The third kappa shape index (κ3) is 2.21. The average molecular weight is 361 g/mol. The molecule has 4 aromatic rings. The van der Waals surface area contributed by atoms with E-state index in [4.69, 9.17) is 9.15 Å². The van der Waals surface area contributed by atoms with Crippen LogP contribution in [-0.4, -0.2) is 22.4 Å². The van der Waals surface area contributed by atoms with E-state index in [0.717, 1.165) is 22.3 Å². The minimum atomic E-state index is -0.417. The summed E-state index contributed by atoms with van der Waals surface area (Å²) in [5, 5.41) is 21.1. The molecule has 0 aliphatic carbocycles. The second kappa shape index (κ2) is 5.63. The molecule has 2 aromatic carbocycles. The van der Waals surface area contributed by atoms with Crippen LogP contribution in [0.3, 0.4) is 0 Å². The average Bonchev–Trinajstić information content (AvgIpc) is 3.15. The fourth-order valence-electron chi connectivity index (χ4n) is 3.68. The fourth-order valence-corrected chi connectivity index (χ4v) is 3.68. The summed E-state index contributed by atoms with van der Waals surface area (Å²) >= 11 is 0. The second-order valence-corrected chi connectivity index (χ2v) is 6.36. The predicted octanol–water partition coefficient (Wildman–Crippen LogP) is 3.47. The van der Waals surface area contributed by atoms with Gasteiger partial charge in [-0.05, 0) is 29.8 Å². The van der Waals surface area contributed by atoms with Crippen molar-refractivity contribution in [2.45, 2.75) is 5.92 Å². The van der Waals surface area contributed by atoms with E-state index in [1.807, 2.05) is 18.2 Å². The number of nitrogens with one attached hydrogen (secondary N) is 2. The summed E-state index contributed by atoms with van der Waals surface area (Å²) in [5.74, 6) is 0.678. The highest BCUT2D eigenvalue weighted by Gasteiger charge is 2.33. The molecule has 0 spiro atoms. The van der Waals surface area contributed by atoms with Crippen molar-refractivity contribution in [1.82, 2.24) is 10.2 Å². The minimum Gasteiger partial charge on any atom is -0.504 e. The molecule has 0 fully saturated rings. The molecule has 3 N–H and O–H groups in total. The molecule has 1 aliphatic rings. The van der Waals surface area contributed by atoms with Crippen LogP contribution in [0.15, 0.2) is 57.9 Å². The first-order valence-corrected chi connectivity index (χ1v) is 8.40. The van der Waals surface area contributed by atoms with Crippen LogP contribution in [0.2, 0.25) is 0 Å². The Kier molecular flexibility index (Phi) is 3.24. The van der Waals surface area contributed by atoms with E-state index in [1.54, 1.807) is 30.5 Å². The SMILES string of the molecule is COc1cc([C@H]2c3cn[nH]c3Nc3c2c(=O)oc2ccccc32)ccc1O. The largest absolute Gasteiger partial charge is 0.504 e. The van der Waals surface area contributed by atoms with E-state index in [2.05, 4.69) is 15.5 Å². The van der Waals surface area contributed by atoms with Crippen molar-refractivity contribution in [3.05, 3.63) is 75.8 Å². The molecule has 0 saturated carbocycles. The summed E-state index contributed by atoms with van der Waals surface area (Å²) in [6.07, 6.45) is 1.68. The molecule has 7 nitrogen and oxygen atoms in total. The Hall–Kier alpha value is -3.74. The summed E-state index contributed by atoms with van der Waals surface area (Å²) < 4.78 is 10.8. The number of H-pyrrole nitrogens is 1. The first-order valence-electron chi connectivity index (χ1n) is 8.40. The number of aromatic amines is 1. The number of benzene rings is 2. The van der Waals surface area contributed by atoms with E-state index in [0.29, 0.717) is 22.6 Å². The van der Waals surface area contributed by atoms with Gasteiger partial charge < -0.3 is 19.6 Å². The molecular weight excluding hydrogens is 346 g/mol. The number of anilines is 2. The van der Waals surface area contributed by atoms with Gasteiger partial charge in [-0.1, -0.05) is 18.2 Å². The number of para-hydroxylation sites is 1. The molecule has 3 heterocycles. The first-order chi connectivity index (χ1) is 13.2. The molecule has 0 unspecified atom stereocenters. The molecule has 0 radical (unpaired) electrons. The van der Waals surface area contributed by atoms with Crippen LogP contribution in [-0.2, 0) is 0 Å². The van der Waals surface area contributed by atoms with Crippen LogP contribution < -0.4 is 15.7 Å². The Morgan fingerprint density at radius 1 is 1.22 bits per heavy atom. The summed E-state index contributed by atoms with van der Waals surface area (Å²) in [6.45, 7) is 0. The lowest BCUT2D eigenvalue weighted by Crippen LogP contribution is -2.22. The van der Waals surface area contributed by atoms with E-state index in [9.17, 15) is 9.90 Å². The van der Waals surface area contributed by atoms with Crippen LogP contribution in [0.25, 0.3) is 11.0 Å². The molecule has 5 rings (SSSR count). The molecule has 0 saturated heterocycles. The smallest absolute Gasteiger partial charge is 0.342 e. The first kappa shape index (κ1) is 15.5.